The minimum Gasteiger partial charge on any atom is -0.383 e. The third-order valence-electron chi connectivity index (χ3n) is 4.23. The number of imidazole rings is 1. The number of hydrogen-bond donors (Lipinski definition) is 3. The predicted octanol–water partition coefficient (Wildman–Crippen LogP) is 2.78. The number of nitrogens with one attached hydrogen (secondary N) is 3. The molecular formula is C20H23ClN6O. The van der Waals surface area contributed by atoms with E-state index in [9.17, 15) is 4.79 Å². The predicted molar refractivity (Wildman–Crippen MR) is 113 cm³/mol. The van der Waals surface area contributed by atoms with Gasteiger partial charge in [0, 0.05) is 60.7 Å². The number of aromatic nitrogens is 3. The van der Waals surface area contributed by atoms with Gasteiger partial charge in [0.05, 0.1) is 17.5 Å². The van der Waals surface area contributed by atoms with Gasteiger partial charge < -0.3 is 20.5 Å². The summed E-state index contributed by atoms with van der Waals surface area (Å²) in [6.07, 6.45) is 8.23. The standard InChI is InChI=1S/C20H23ClN6O/c1-27(11-9-25-20(28)5-3-16-13-22-14-26-16)10-8-24-18-6-7-23-19-12-15(21)2-4-17(18)19/h2-7,12-14H,8-11H2,1H3,(H,22,26)(H,23,24)(H,25,28)/b5-3-. The molecule has 1 amide bonds. The van der Waals surface area contributed by atoms with E-state index in [0.29, 0.717) is 11.6 Å². The van der Waals surface area contributed by atoms with E-state index in [0.717, 1.165) is 41.9 Å². The molecule has 3 aromatic rings. The minimum atomic E-state index is -0.128. The van der Waals surface area contributed by atoms with Gasteiger partial charge in [0.15, 0.2) is 0 Å². The minimum absolute atomic E-state index is 0.128. The molecule has 2 aromatic heterocycles. The van der Waals surface area contributed by atoms with Gasteiger partial charge in [0.2, 0.25) is 5.91 Å². The van der Waals surface area contributed by atoms with Gasteiger partial charge in [-0.15, -0.1) is 0 Å². The number of H-pyrrole nitrogens is 1. The number of anilines is 1. The van der Waals surface area contributed by atoms with E-state index in [-0.39, 0.29) is 5.91 Å². The molecule has 0 aliphatic carbocycles. The Balaban J connectivity index is 1.38. The smallest absolute Gasteiger partial charge is 0.244 e. The zero-order valence-electron chi connectivity index (χ0n) is 15.7. The zero-order valence-corrected chi connectivity index (χ0v) is 16.4. The van der Waals surface area contributed by atoms with E-state index in [1.165, 1.54) is 6.08 Å². The van der Waals surface area contributed by atoms with Crippen LogP contribution in [-0.4, -0.2) is 59.0 Å². The molecule has 0 saturated heterocycles. The fourth-order valence-electron chi connectivity index (χ4n) is 2.72. The van der Waals surface area contributed by atoms with E-state index in [4.69, 9.17) is 11.6 Å². The van der Waals surface area contributed by atoms with Crippen molar-refractivity contribution in [3.8, 4) is 0 Å². The summed E-state index contributed by atoms with van der Waals surface area (Å²) >= 11 is 6.03. The van der Waals surface area contributed by atoms with E-state index < -0.39 is 0 Å². The molecule has 0 bridgehead atoms. The van der Waals surface area contributed by atoms with Gasteiger partial charge in [-0.3, -0.25) is 9.78 Å². The summed E-state index contributed by atoms with van der Waals surface area (Å²) in [5.41, 5.74) is 2.63. The first-order chi connectivity index (χ1) is 13.6. The van der Waals surface area contributed by atoms with Crippen LogP contribution in [0.4, 0.5) is 5.69 Å². The number of halogens is 1. The Morgan fingerprint density at radius 2 is 2.11 bits per heavy atom. The number of fused-ring (bicyclic) bond motifs is 1. The van der Waals surface area contributed by atoms with Crippen LogP contribution in [0.3, 0.4) is 0 Å². The van der Waals surface area contributed by atoms with Crippen molar-refractivity contribution >= 4 is 40.2 Å². The van der Waals surface area contributed by atoms with Gasteiger partial charge in [-0.05, 0) is 37.4 Å². The van der Waals surface area contributed by atoms with E-state index in [1.54, 1.807) is 24.8 Å². The Morgan fingerprint density at radius 3 is 2.93 bits per heavy atom. The molecule has 1 aromatic carbocycles. The lowest BCUT2D eigenvalue weighted by Crippen LogP contribution is -2.34. The number of amides is 1. The summed E-state index contributed by atoms with van der Waals surface area (Å²) < 4.78 is 0. The summed E-state index contributed by atoms with van der Waals surface area (Å²) in [4.78, 5) is 25.2. The van der Waals surface area contributed by atoms with E-state index in [2.05, 4.69) is 30.5 Å². The number of aromatic amines is 1. The third-order valence-corrected chi connectivity index (χ3v) is 4.47. The second-order valence-electron chi connectivity index (χ2n) is 6.37. The third kappa shape index (κ3) is 5.80. The molecule has 0 unspecified atom stereocenters. The molecule has 0 aliphatic heterocycles. The maximum Gasteiger partial charge on any atom is 0.244 e. The van der Waals surface area contributed by atoms with Gasteiger partial charge in [-0.2, -0.15) is 0 Å². The molecular weight excluding hydrogens is 376 g/mol. The quantitative estimate of drug-likeness (QED) is 0.482. The highest BCUT2D eigenvalue weighted by molar-refractivity contribution is 6.31. The fourth-order valence-corrected chi connectivity index (χ4v) is 2.89. The van der Waals surface area contributed by atoms with Crippen molar-refractivity contribution < 1.29 is 4.79 Å². The van der Waals surface area contributed by atoms with Crippen molar-refractivity contribution in [1.29, 1.82) is 0 Å². The van der Waals surface area contributed by atoms with Gasteiger partial charge in [-0.25, -0.2) is 4.98 Å². The highest BCUT2D eigenvalue weighted by Crippen LogP contribution is 2.24. The maximum atomic E-state index is 11.8. The first-order valence-corrected chi connectivity index (χ1v) is 9.41. The van der Waals surface area contributed by atoms with Crippen LogP contribution in [0.5, 0.6) is 0 Å². The summed E-state index contributed by atoms with van der Waals surface area (Å²) in [5, 5.41) is 8.03. The van der Waals surface area contributed by atoms with Crippen LogP contribution < -0.4 is 10.6 Å². The van der Waals surface area contributed by atoms with Crippen LogP contribution in [0.15, 0.2) is 49.1 Å². The molecule has 8 heteroatoms. The number of nitrogens with zero attached hydrogens (tertiary/aromatic N) is 3. The van der Waals surface area contributed by atoms with Crippen LogP contribution in [0.25, 0.3) is 17.0 Å². The molecule has 2 heterocycles. The molecule has 3 N–H and O–H groups in total. The summed E-state index contributed by atoms with van der Waals surface area (Å²) in [5.74, 6) is -0.128. The molecule has 0 atom stereocenters. The first kappa shape index (κ1) is 19.9. The normalized spacial score (nSPS) is 11.4. The molecule has 0 aliphatic rings. The second kappa shape index (κ2) is 9.87. The van der Waals surface area contributed by atoms with E-state index in [1.807, 2.05) is 31.3 Å². The Morgan fingerprint density at radius 1 is 1.25 bits per heavy atom. The van der Waals surface area contributed by atoms with Crippen molar-refractivity contribution in [2.24, 2.45) is 0 Å². The molecule has 7 nitrogen and oxygen atoms in total. The van der Waals surface area contributed by atoms with Gasteiger partial charge in [0.25, 0.3) is 0 Å². The summed E-state index contributed by atoms with van der Waals surface area (Å²) in [7, 11) is 2.03. The fraction of sp³-hybridized carbons (Fsp3) is 0.250. The number of benzene rings is 1. The van der Waals surface area contributed by atoms with Crippen LogP contribution in [0.2, 0.25) is 5.02 Å². The maximum absolute atomic E-state index is 11.8. The van der Waals surface area contributed by atoms with Crippen molar-refractivity contribution in [2.45, 2.75) is 0 Å². The number of hydrogen-bond acceptors (Lipinski definition) is 5. The monoisotopic (exact) mass is 398 g/mol. The lowest BCUT2D eigenvalue weighted by atomic mass is 10.2. The van der Waals surface area contributed by atoms with Gasteiger partial charge in [0.1, 0.15) is 0 Å². The lowest BCUT2D eigenvalue weighted by molar-refractivity contribution is -0.116. The summed E-state index contributed by atoms with van der Waals surface area (Å²) in [6, 6.07) is 7.66. The van der Waals surface area contributed by atoms with E-state index >= 15 is 0 Å². The number of carbonyl (C=O) groups excluding carboxylic acids is 1. The average Bonchev–Trinajstić information content (AvgIpc) is 3.20. The van der Waals surface area contributed by atoms with Gasteiger partial charge >= 0.3 is 0 Å². The number of rotatable bonds is 9. The average molecular weight is 399 g/mol. The zero-order chi connectivity index (χ0) is 19.8. The molecule has 3 rings (SSSR count). The lowest BCUT2D eigenvalue weighted by Gasteiger charge is -2.18. The topological polar surface area (TPSA) is 85.9 Å². The highest BCUT2D eigenvalue weighted by atomic mass is 35.5. The number of pyridine rings is 1. The number of carbonyl (C=O) groups is 1. The molecule has 28 heavy (non-hydrogen) atoms. The Hall–Kier alpha value is -2.90. The van der Waals surface area contributed by atoms with Crippen LogP contribution >= 0.6 is 11.6 Å². The molecule has 0 spiro atoms. The SMILES string of the molecule is CN(CCNC(=O)/C=C\c1c[nH]cn1)CCNc1ccnc2cc(Cl)ccc12. The van der Waals surface area contributed by atoms with Crippen LogP contribution in [0, 0.1) is 0 Å². The van der Waals surface area contributed by atoms with Crippen molar-refractivity contribution in [1.82, 2.24) is 25.2 Å². The van der Waals surface area contributed by atoms with Crippen LogP contribution in [-0.2, 0) is 4.79 Å². The Labute approximate surface area is 168 Å². The molecule has 0 fully saturated rings. The molecule has 0 saturated carbocycles. The van der Waals surface area contributed by atoms with Crippen molar-refractivity contribution in [3.05, 3.63) is 59.8 Å². The Bertz CT molecular complexity index is 941. The largest absolute Gasteiger partial charge is 0.383 e. The van der Waals surface area contributed by atoms with Gasteiger partial charge in [-0.1, -0.05) is 11.6 Å². The second-order valence-corrected chi connectivity index (χ2v) is 6.80. The Kier molecular flexibility index (Phi) is 7.00. The number of likely N-dealkylation sites (N-methyl/N-ethyl adjacent to an activating group) is 1. The van der Waals surface area contributed by atoms with Crippen LogP contribution in [0.1, 0.15) is 5.69 Å². The van der Waals surface area contributed by atoms with Crippen molar-refractivity contribution in [2.75, 3.05) is 38.5 Å². The first-order valence-electron chi connectivity index (χ1n) is 9.03. The summed E-state index contributed by atoms with van der Waals surface area (Å²) in [6.45, 7) is 2.97. The van der Waals surface area contributed by atoms with Crippen molar-refractivity contribution in [3.63, 3.8) is 0 Å². The molecule has 146 valence electrons. The highest BCUT2D eigenvalue weighted by Gasteiger charge is 2.04. The molecule has 0 radical (unpaired) electrons.